The first-order chi connectivity index (χ1) is 12.1. The van der Waals surface area contributed by atoms with Crippen LogP contribution in [0.3, 0.4) is 0 Å². The highest BCUT2D eigenvalue weighted by atomic mass is 16.7. The van der Waals surface area contributed by atoms with E-state index in [0.29, 0.717) is 5.06 Å². The Morgan fingerprint density at radius 3 is 2.08 bits per heavy atom. The van der Waals surface area contributed by atoms with E-state index in [-0.39, 0.29) is 23.5 Å². The zero-order valence-electron chi connectivity index (χ0n) is 14.0. The Bertz CT molecular complexity index is 765. The number of fused-ring (bicyclic) bond motifs is 1. The summed E-state index contributed by atoms with van der Waals surface area (Å²) in [6.45, 7) is 2.00. The molecule has 5 heteroatoms. The molecule has 1 atom stereocenters. The monoisotopic (exact) mass is 337 g/mol. The molecule has 128 valence electrons. The number of carbonyl (C=O) groups is 3. The molecule has 0 N–H and O–H groups in total. The van der Waals surface area contributed by atoms with Gasteiger partial charge in [0.25, 0.3) is 11.8 Å². The average Bonchev–Trinajstić information content (AvgIpc) is 2.87. The summed E-state index contributed by atoms with van der Waals surface area (Å²) in [7, 11) is 0. The Hall–Kier alpha value is -2.95. The number of amides is 2. The van der Waals surface area contributed by atoms with Crippen LogP contribution in [0.2, 0.25) is 0 Å². The van der Waals surface area contributed by atoms with Crippen LogP contribution in [0.4, 0.5) is 0 Å². The van der Waals surface area contributed by atoms with Crippen LogP contribution >= 0.6 is 0 Å². The molecule has 0 saturated carbocycles. The van der Waals surface area contributed by atoms with Crippen LogP contribution in [0.15, 0.2) is 54.6 Å². The predicted octanol–water partition coefficient (Wildman–Crippen LogP) is 3.40. The van der Waals surface area contributed by atoms with Crippen LogP contribution in [0.5, 0.6) is 0 Å². The molecule has 0 fully saturated rings. The lowest BCUT2D eigenvalue weighted by atomic mass is 9.94. The van der Waals surface area contributed by atoms with E-state index < -0.39 is 17.8 Å². The van der Waals surface area contributed by atoms with E-state index in [9.17, 15) is 14.4 Å². The van der Waals surface area contributed by atoms with Gasteiger partial charge in [0, 0.05) is 0 Å². The van der Waals surface area contributed by atoms with E-state index in [1.165, 1.54) is 0 Å². The van der Waals surface area contributed by atoms with Crippen LogP contribution < -0.4 is 0 Å². The van der Waals surface area contributed by atoms with Crippen molar-refractivity contribution in [3.8, 4) is 0 Å². The number of benzene rings is 2. The van der Waals surface area contributed by atoms with Gasteiger partial charge in [-0.25, -0.2) is 4.79 Å². The fourth-order valence-corrected chi connectivity index (χ4v) is 2.93. The summed E-state index contributed by atoms with van der Waals surface area (Å²) in [4.78, 5) is 41.7. The minimum absolute atomic E-state index is 0.0880. The Kier molecular flexibility index (Phi) is 4.93. The lowest BCUT2D eigenvalue weighted by molar-refractivity contribution is -0.169. The Labute approximate surface area is 146 Å². The number of hydrogen-bond acceptors (Lipinski definition) is 4. The summed E-state index contributed by atoms with van der Waals surface area (Å²) in [5.41, 5.74) is 1.66. The molecule has 5 nitrogen and oxygen atoms in total. The van der Waals surface area contributed by atoms with Crippen LogP contribution in [-0.4, -0.2) is 22.8 Å². The third-order valence-corrected chi connectivity index (χ3v) is 4.35. The van der Waals surface area contributed by atoms with Crippen LogP contribution in [0.1, 0.15) is 46.0 Å². The van der Waals surface area contributed by atoms with Crippen molar-refractivity contribution in [1.82, 2.24) is 5.06 Å². The highest BCUT2D eigenvalue weighted by Crippen LogP contribution is 2.24. The van der Waals surface area contributed by atoms with E-state index in [2.05, 4.69) is 0 Å². The van der Waals surface area contributed by atoms with Gasteiger partial charge in [0.2, 0.25) is 0 Å². The first-order valence-corrected chi connectivity index (χ1v) is 8.32. The number of carbonyl (C=O) groups excluding carboxylic acids is 3. The zero-order valence-corrected chi connectivity index (χ0v) is 14.0. The van der Waals surface area contributed by atoms with Crippen LogP contribution in [-0.2, 0) is 16.1 Å². The Morgan fingerprint density at radius 2 is 1.52 bits per heavy atom. The summed E-state index contributed by atoms with van der Waals surface area (Å²) in [6, 6.07) is 16.3. The molecule has 2 aromatic rings. The molecule has 0 aliphatic carbocycles. The van der Waals surface area contributed by atoms with E-state index in [0.717, 1.165) is 18.4 Å². The Morgan fingerprint density at radius 1 is 0.960 bits per heavy atom. The SMILES string of the molecule is CCC(CC(=O)ON1C(=O)c2ccccc2C1=O)Cc1ccccc1. The highest BCUT2D eigenvalue weighted by Gasteiger charge is 2.38. The predicted molar refractivity (Wildman–Crippen MR) is 91.6 cm³/mol. The minimum atomic E-state index is -0.593. The number of hydrogen-bond donors (Lipinski definition) is 0. The maximum absolute atomic E-state index is 12.2. The largest absolute Gasteiger partial charge is 0.333 e. The summed E-state index contributed by atoms with van der Waals surface area (Å²) in [5.74, 6) is -1.67. The lowest BCUT2D eigenvalue weighted by Crippen LogP contribution is -2.33. The molecule has 3 rings (SSSR count). The average molecular weight is 337 g/mol. The fourth-order valence-electron chi connectivity index (χ4n) is 2.93. The molecule has 1 aliphatic heterocycles. The zero-order chi connectivity index (χ0) is 17.8. The second-order valence-electron chi connectivity index (χ2n) is 6.08. The van der Waals surface area contributed by atoms with Crippen LogP contribution in [0, 0.1) is 5.92 Å². The van der Waals surface area contributed by atoms with E-state index in [1.807, 2.05) is 37.3 Å². The van der Waals surface area contributed by atoms with Gasteiger partial charge in [-0.15, -0.1) is 0 Å². The van der Waals surface area contributed by atoms with Gasteiger partial charge in [0.05, 0.1) is 17.5 Å². The van der Waals surface area contributed by atoms with Gasteiger partial charge in [0.15, 0.2) is 0 Å². The van der Waals surface area contributed by atoms with Gasteiger partial charge >= 0.3 is 5.97 Å². The van der Waals surface area contributed by atoms with Crippen molar-refractivity contribution in [2.75, 3.05) is 0 Å². The van der Waals surface area contributed by atoms with Gasteiger partial charge < -0.3 is 4.84 Å². The second kappa shape index (κ2) is 7.30. The third-order valence-electron chi connectivity index (χ3n) is 4.35. The number of nitrogens with zero attached hydrogens (tertiary/aromatic N) is 1. The maximum Gasteiger partial charge on any atom is 0.333 e. The molecule has 0 spiro atoms. The molecule has 2 amide bonds. The van der Waals surface area contributed by atoms with Gasteiger partial charge in [-0.05, 0) is 30.0 Å². The molecule has 0 radical (unpaired) electrons. The summed E-state index contributed by atoms with van der Waals surface area (Å²) < 4.78 is 0. The molecule has 25 heavy (non-hydrogen) atoms. The van der Waals surface area contributed by atoms with Gasteiger partial charge in [-0.3, -0.25) is 9.59 Å². The van der Waals surface area contributed by atoms with Crippen molar-refractivity contribution in [2.24, 2.45) is 5.92 Å². The van der Waals surface area contributed by atoms with Crippen molar-refractivity contribution in [1.29, 1.82) is 0 Å². The number of imide groups is 1. The molecule has 1 unspecified atom stereocenters. The standard InChI is InChI=1S/C20H19NO4/c1-2-14(12-15-8-4-3-5-9-15)13-18(22)25-21-19(23)16-10-6-7-11-17(16)20(21)24/h3-11,14H,2,12-13H2,1H3. The van der Waals surface area contributed by atoms with E-state index in [4.69, 9.17) is 4.84 Å². The first-order valence-electron chi connectivity index (χ1n) is 8.32. The van der Waals surface area contributed by atoms with Crippen molar-refractivity contribution >= 4 is 17.8 Å². The van der Waals surface area contributed by atoms with Gasteiger partial charge in [0.1, 0.15) is 0 Å². The van der Waals surface area contributed by atoms with Gasteiger partial charge in [-0.2, -0.15) is 0 Å². The Balaban J connectivity index is 1.63. The quantitative estimate of drug-likeness (QED) is 0.758. The topological polar surface area (TPSA) is 63.7 Å². The van der Waals surface area contributed by atoms with E-state index >= 15 is 0 Å². The molecule has 0 bridgehead atoms. The lowest BCUT2D eigenvalue weighted by Gasteiger charge is -2.17. The second-order valence-corrected chi connectivity index (χ2v) is 6.08. The van der Waals surface area contributed by atoms with Gasteiger partial charge in [-0.1, -0.05) is 60.9 Å². The number of hydroxylamine groups is 2. The molecule has 1 heterocycles. The molecule has 0 saturated heterocycles. The molecular formula is C20H19NO4. The number of rotatable bonds is 6. The van der Waals surface area contributed by atoms with Crippen molar-refractivity contribution in [3.63, 3.8) is 0 Å². The first kappa shape index (κ1) is 16.9. The summed E-state index contributed by atoms with van der Waals surface area (Å²) >= 11 is 0. The van der Waals surface area contributed by atoms with Crippen molar-refractivity contribution in [3.05, 3.63) is 71.3 Å². The third kappa shape index (κ3) is 3.60. The molecule has 1 aliphatic rings. The van der Waals surface area contributed by atoms with Crippen molar-refractivity contribution in [2.45, 2.75) is 26.2 Å². The summed E-state index contributed by atoms with van der Waals surface area (Å²) in [5, 5.41) is 0.572. The molecule has 0 aromatic heterocycles. The summed E-state index contributed by atoms with van der Waals surface area (Å²) in [6.07, 6.45) is 1.69. The van der Waals surface area contributed by atoms with Crippen LogP contribution in [0.25, 0.3) is 0 Å². The minimum Gasteiger partial charge on any atom is -0.330 e. The highest BCUT2D eigenvalue weighted by molar-refractivity contribution is 6.20. The smallest absolute Gasteiger partial charge is 0.330 e. The molecular weight excluding hydrogens is 318 g/mol. The maximum atomic E-state index is 12.2. The fraction of sp³-hybridized carbons (Fsp3) is 0.250. The normalized spacial score (nSPS) is 14.4. The molecule has 2 aromatic carbocycles. The van der Waals surface area contributed by atoms with Crippen molar-refractivity contribution < 1.29 is 19.2 Å². The van der Waals surface area contributed by atoms with E-state index in [1.54, 1.807) is 24.3 Å².